The third kappa shape index (κ3) is 8.96. The number of ether oxygens (including phenoxy) is 2. The second-order valence-corrected chi connectivity index (χ2v) is 15.9. The molecule has 9 nitrogen and oxygen atoms in total. The number of carbonyl (C=O) groups excluding carboxylic acids is 2. The minimum absolute atomic E-state index is 0.199. The molecule has 0 radical (unpaired) electrons. The fraction of sp³-hybridized carbons (Fsp3) is 0.255. The van der Waals surface area contributed by atoms with E-state index in [0.717, 1.165) is 75.1 Å². The molecule has 0 unspecified atom stereocenters. The Morgan fingerprint density at radius 3 is 1.90 bits per heavy atom. The van der Waals surface area contributed by atoms with Gasteiger partial charge in [-0.05, 0) is 86.4 Å². The van der Waals surface area contributed by atoms with Gasteiger partial charge in [-0.25, -0.2) is 9.13 Å². The van der Waals surface area contributed by atoms with Crippen LogP contribution in [0, 0.1) is 0 Å². The Hall–Kier alpha value is -5.19. The largest absolute Gasteiger partial charge is 0.464 e. The number of aromatic nitrogens is 2. The lowest BCUT2D eigenvalue weighted by atomic mass is 10.1. The number of rotatable bonds is 14. The molecule has 7 rings (SSSR count). The number of anilines is 4. The number of fused-ring (bicyclic) bond motifs is 2. The molecule has 0 amide bonds. The van der Waals surface area contributed by atoms with E-state index in [1.54, 1.807) is 0 Å². The van der Waals surface area contributed by atoms with Crippen molar-refractivity contribution in [3.63, 3.8) is 0 Å². The fourth-order valence-electron chi connectivity index (χ4n) is 7.99. The summed E-state index contributed by atoms with van der Waals surface area (Å²) in [7, 11) is 0. The number of allylic oxidation sites excluding steroid dienone is 5. The molecule has 4 aromatic carbocycles. The number of hydrogen-bond donors (Lipinski definition) is 0. The summed E-state index contributed by atoms with van der Waals surface area (Å²) in [4.78, 5) is 30.3. The maximum Gasteiger partial charge on any atom is 0.302 e. The molecule has 1 aliphatic carbocycles. The van der Waals surface area contributed by atoms with Gasteiger partial charge in [-0.15, -0.1) is 0 Å². The summed E-state index contributed by atoms with van der Waals surface area (Å²) in [5.41, 5.74) is 9.00. The van der Waals surface area contributed by atoms with Gasteiger partial charge >= 0.3 is 11.9 Å². The molecule has 0 N–H and O–H groups in total. The van der Waals surface area contributed by atoms with Gasteiger partial charge in [0.05, 0.1) is 50.3 Å². The number of para-hydroxylation sites is 2. The number of nitrogens with zero attached hydrogens (tertiary/aromatic N) is 5. The first kappa shape index (κ1) is 42.9. The Kier molecular flexibility index (Phi) is 13.6. The van der Waals surface area contributed by atoms with Gasteiger partial charge in [0.2, 0.25) is 0 Å². The Balaban J connectivity index is 1.41. The van der Waals surface area contributed by atoms with E-state index >= 15 is 0 Å². The second-order valence-electron chi connectivity index (χ2n) is 14.3. The molecule has 0 fully saturated rings. The molecule has 60 heavy (non-hydrogen) atoms. The van der Waals surface area contributed by atoms with E-state index in [9.17, 15) is 9.59 Å². The van der Waals surface area contributed by atoms with E-state index in [1.165, 1.54) is 13.8 Å². The number of hydrogen-bond acceptors (Lipinski definition) is 7. The maximum atomic E-state index is 11.8. The van der Waals surface area contributed by atoms with Gasteiger partial charge < -0.3 is 24.2 Å². The highest BCUT2D eigenvalue weighted by atomic mass is 35.5. The number of imidazole rings is 1. The van der Waals surface area contributed by atoms with E-state index < -0.39 is 0 Å². The Morgan fingerprint density at radius 2 is 1.30 bits per heavy atom. The number of halogens is 4. The molecule has 0 spiro atoms. The average Bonchev–Trinajstić information content (AvgIpc) is 3.85. The summed E-state index contributed by atoms with van der Waals surface area (Å²) in [5, 5.41) is 1.83. The van der Waals surface area contributed by atoms with Gasteiger partial charge in [0.15, 0.2) is 11.0 Å². The molecular formula is C47H46Cl4N5O4+. The van der Waals surface area contributed by atoms with Crippen molar-refractivity contribution in [1.82, 2.24) is 4.57 Å². The molecule has 0 atom stereocenters. The highest BCUT2D eigenvalue weighted by Gasteiger charge is 2.33. The third-order valence-electron chi connectivity index (χ3n) is 10.6. The van der Waals surface area contributed by atoms with Crippen molar-refractivity contribution < 1.29 is 23.6 Å². The van der Waals surface area contributed by atoms with Crippen LogP contribution in [0.25, 0.3) is 17.1 Å². The number of esters is 2. The zero-order valence-electron chi connectivity index (χ0n) is 33.9. The Bertz CT molecular complexity index is 2510. The van der Waals surface area contributed by atoms with Crippen molar-refractivity contribution in [3.05, 3.63) is 152 Å². The second kappa shape index (κ2) is 19.0. The van der Waals surface area contributed by atoms with Gasteiger partial charge in [-0.1, -0.05) is 88.9 Å². The molecule has 0 bridgehead atoms. The summed E-state index contributed by atoms with van der Waals surface area (Å²) in [6.07, 6.45) is 10.2. The van der Waals surface area contributed by atoms with Crippen LogP contribution in [0.5, 0.6) is 0 Å². The fourth-order valence-corrected chi connectivity index (χ4v) is 8.62. The van der Waals surface area contributed by atoms with Gasteiger partial charge in [0.25, 0.3) is 5.82 Å². The normalized spacial score (nSPS) is 15.3. The lowest BCUT2D eigenvalue weighted by Gasteiger charge is -2.29. The molecule has 310 valence electrons. The van der Waals surface area contributed by atoms with E-state index in [1.807, 2.05) is 36.4 Å². The monoisotopic (exact) mass is 884 g/mol. The van der Waals surface area contributed by atoms with Crippen molar-refractivity contribution >= 4 is 98.2 Å². The summed E-state index contributed by atoms with van der Waals surface area (Å²) >= 11 is 26.3. The van der Waals surface area contributed by atoms with Crippen LogP contribution in [-0.2, 0) is 32.2 Å². The quantitative estimate of drug-likeness (QED) is 0.0812. The van der Waals surface area contributed by atoms with Crippen LogP contribution in [0.2, 0.25) is 20.1 Å². The topological polar surface area (TPSA) is 71.1 Å². The first-order valence-electron chi connectivity index (χ1n) is 19.9. The molecule has 1 aromatic heterocycles. The van der Waals surface area contributed by atoms with E-state index in [0.29, 0.717) is 46.3 Å². The minimum Gasteiger partial charge on any atom is -0.464 e. The van der Waals surface area contributed by atoms with Gasteiger partial charge in [0.1, 0.15) is 25.6 Å². The lowest BCUT2D eigenvalue weighted by molar-refractivity contribution is -0.675. The molecule has 0 saturated heterocycles. The molecule has 13 heteroatoms. The first-order valence-corrected chi connectivity index (χ1v) is 21.5. The number of carbonyl (C=O) groups is 2. The predicted octanol–water partition coefficient (Wildman–Crippen LogP) is 11.7. The Labute approximate surface area is 370 Å². The lowest BCUT2D eigenvalue weighted by Crippen LogP contribution is -2.39. The van der Waals surface area contributed by atoms with Crippen LogP contribution in [0.4, 0.5) is 22.7 Å². The van der Waals surface area contributed by atoms with Gasteiger partial charge in [-0.3, -0.25) is 9.59 Å². The molecule has 0 saturated carbocycles. The molecular weight excluding hydrogens is 840 g/mol. The van der Waals surface area contributed by atoms with Gasteiger partial charge in [0, 0.05) is 50.0 Å². The van der Waals surface area contributed by atoms with Crippen LogP contribution < -0.4 is 19.3 Å². The van der Waals surface area contributed by atoms with E-state index in [-0.39, 0.29) is 25.2 Å². The average molecular weight is 887 g/mol. The summed E-state index contributed by atoms with van der Waals surface area (Å²) in [6, 6.07) is 28.3. The van der Waals surface area contributed by atoms with E-state index in [4.69, 9.17) is 55.9 Å². The highest BCUT2D eigenvalue weighted by molar-refractivity contribution is 6.43. The number of benzene rings is 4. The molecule has 1 aliphatic heterocycles. The smallest absolute Gasteiger partial charge is 0.302 e. The SMILES string of the molecule is CCN1/C(=C\C=C2/CCC(/C=C/c3n(CC)c4cc(Cl)c(Cl)cc4[n+]3CCOC(C)=O)=C2N(c2ccccc2)c2ccccc2)N(CCOC(C)=O)c2cc(Cl)c(Cl)cc21. The van der Waals surface area contributed by atoms with Crippen molar-refractivity contribution in [3.8, 4) is 0 Å². The van der Waals surface area contributed by atoms with Gasteiger partial charge in [-0.2, -0.15) is 0 Å². The summed E-state index contributed by atoms with van der Waals surface area (Å²) < 4.78 is 15.2. The minimum atomic E-state index is -0.339. The third-order valence-corrected chi connectivity index (χ3v) is 12.0. The molecule has 2 heterocycles. The van der Waals surface area contributed by atoms with Crippen LogP contribution in [0.3, 0.4) is 0 Å². The standard InChI is InChI=1S/C47H46Cl4N5O4/c1-5-52-41-27-37(48)39(50)29-43(41)54(23-25-59-31(3)57)45(52)21-19-33-17-18-34(47(33)56(35-13-9-7-10-14-35)36-15-11-8-12-16-36)20-22-46-53(6-2)42-28-38(49)40(51)30-44(42)55(46)24-26-60-32(4)58/h7-16,19-22,27-30H,5-6,17-18,23-26H2,1-4H3/q+1. The summed E-state index contributed by atoms with van der Waals surface area (Å²) in [5.74, 6) is 1.15. The zero-order chi connectivity index (χ0) is 42.5. The van der Waals surface area contributed by atoms with Crippen LogP contribution in [0.15, 0.2) is 126 Å². The summed E-state index contributed by atoms with van der Waals surface area (Å²) in [6.45, 7) is 9.58. The van der Waals surface area contributed by atoms with Crippen molar-refractivity contribution in [2.75, 3.05) is 41.0 Å². The number of aryl methyl sites for hydroxylation is 1. The first-order chi connectivity index (χ1) is 29.0. The van der Waals surface area contributed by atoms with Crippen molar-refractivity contribution in [1.29, 1.82) is 0 Å². The zero-order valence-corrected chi connectivity index (χ0v) is 37.0. The maximum absolute atomic E-state index is 11.8. The van der Waals surface area contributed by atoms with Crippen LogP contribution >= 0.6 is 46.4 Å². The van der Waals surface area contributed by atoms with Crippen LogP contribution in [0.1, 0.15) is 46.4 Å². The van der Waals surface area contributed by atoms with Crippen molar-refractivity contribution in [2.24, 2.45) is 0 Å². The highest BCUT2D eigenvalue weighted by Crippen LogP contribution is 2.46. The molecule has 2 aliphatic rings. The van der Waals surface area contributed by atoms with Crippen molar-refractivity contribution in [2.45, 2.75) is 53.6 Å². The Morgan fingerprint density at radius 1 is 0.717 bits per heavy atom. The van der Waals surface area contributed by atoms with E-state index in [2.05, 4.69) is 111 Å². The van der Waals surface area contributed by atoms with Crippen LogP contribution in [-0.4, -0.2) is 42.8 Å². The predicted molar refractivity (Wildman–Crippen MR) is 244 cm³/mol. The molecule has 5 aromatic rings.